The number of hydrogen-bond acceptors (Lipinski definition) is 3. The Morgan fingerprint density at radius 3 is 2.57 bits per heavy atom. The Hall–Kier alpha value is -2.04. The third-order valence-corrected chi connectivity index (χ3v) is 3.54. The maximum absolute atomic E-state index is 12.0. The van der Waals surface area contributed by atoms with Gasteiger partial charge in [-0.25, -0.2) is 0 Å². The summed E-state index contributed by atoms with van der Waals surface area (Å²) in [5.41, 5.74) is 1.05. The quantitative estimate of drug-likeness (QED) is 0.799. The van der Waals surface area contributed by atoms with Gasteiger partial charge in [-0.1, -0.05) is 18.2 Å². The Kier molecular flexibility index (Phi) is 6.72. The van der Waals surface area contributed by atoms with Crippen LogP contribution in [0.1, 0.15) is 31.7 Å². The molecular formula is C16H23NO4. The van der Waals surface area contributed by atoms with Crippen molar-refractivity contribution in [3.63, 3.8) is 0 Å². The van der Waals surface area contributed by atoms with Crippen molar-refractivity contribution in [2.45, 2.75) is 38.6 Å². The van der Waals surface area contributed by atoms with Crippen molar-refractivity contribution < 1.29 is 19.4 Å². The number of rotatable bonds is 8. The van der Waals surface area contributed by atoms with Crippen LogP contribution in [0.15, 0.2) is 24.3 Å². The fourth-order valence-corrected chi connectivity index (χ4v) is 2.14. The third-order valence-electron chi connectivity index (χ3n) is 3.54. The minimum absolute atomic E-state index is 0.0265. The summed E-state index contributed by atoms with van der Waals surface area (Å²) in [6.45, 7) is 1.97. The van der Waals surface area contributed by atoms with Gasteiger partial charge in [0, 0.05) is 25.9 Å². The van der Waals surface area contributed by atoms with Crippen molar-refractivity contribution in [2.24, 2.45) is 0 Å². The SMILES string of the molecule is COc1ccccc1CC(C)N(C)C(=O)CCCC(=O)O. The van der Waals surface area contributed by atoms with Crippen LogP contribution in [0.2, 0.25) is 0 Å². The first-order valence-electron chi connectivity index (χ1n) is 7.05. The van der Waals surface area contributed by atoms with Crippen LogP contribution in [0.4, 0.5) is 0 Å². The fraction of sp³-hybridized carbons (Fsp3) is 0.500. The molecule has 1 aromatic rings. The van der Waals surface area contributed by atoms with E-state index in [4.69, 9.17) is 9.84 Å². The largest absolute Gasteiger partial charge is 0.496 e. The lowest BCUT2D eigenvalue weighted by Gasteiger charge is -2.25. The first kappa shape index (κ1) is 17.0. The number of carboxylic acids is 1. The Labute approximate surface area is 125 Å². The predicted octanol–water partition coefficient (Wildman–Crippen LogP) is 2.34. The summed E-state index contributed by atoms with van der Waals surface area (Å²) in [6, 6.07) is 7.76. The molecule has 0 saturated carbocycles. The van der Waals surface area contributed by atoms with E-state index in [1.165, 1.54) is 0 Å². The molecule has 21 heavy (non-hydrogen) atoms. The Balaban J connectivity index is 2.55. The second kappa shape index (κ2) is 8.29. The molecule has 1 rings (SSSR count). The number of carboxylic acid groups (broad SMARTS) is 1. The van der Waals surface area contributed by atoms with Gasteiger partial charge in [-0.05, 0) is 31.4 Å². The second-order valence-corrected chi connectivity index (χ2v) is 5.12. The van der Waals surface area contributed by atoms with E-state index in [2.05, 4.69) is 0 Å². The molecule has 0 heterocycles. The van der Waals surface area contributed by atoms with Crippen molar-refractivity contribution in [1.29, 1.82) is 0 Å². The van der Waals surface area contributed by atoms with E-state index in [9.17, 15) is 9.59 Å². The first-order chi connectivity index (χ1) is 9.95. The molecule has 0 spiro atoms. The highest BCUT2D eigenvalue weighted by molar-refractivity contribution is 5.77. The maximum Gasteiger partial charge on any atom is 0.303 e. The zero-order chi connectivity index (χ0) is 15.8. The highest BCUT2D eigenvalue weighted by atomic mass is 16.5. The molecule has 0 aliphatic heterocycles. The monoisotopic (exact) mass is 293 g/mol. The van der Waals surface area contributed by atoms with Gasteiger partial charge in [0.05, 0.1) is 7.11 Å². The number of ether oxygens (including phenoxy) is 1. The number of aliphatic carboxylic acids is 1. The van der Waals surface area contributed by atoms with Gasteiger partial charge < -0.3 is 14.7 Å². The molecule has 0 fully saturated rings. The number of methoxy groups -OCH3 is 1. The van der Waals surface area contributed by atoms with Gasteiger partial charge in [-0.15, -0.1) is 0 Å². The summed E-state index contributed by atoms with van der Waals surface area (Å²) < 4.78 is 5.31. The van der Waals surface area contributed by atoms with Crippen LogP contribution in [-0.2, 0) is 16.0 Å². The zero-order valence-electron chi connectivity index (χ0n) is 12.8. The Morgan fingerprint density at radius 2 is 1.95 bits per heavy atom. The number of amides is 1. The summed E-state index contributed by atoms with van der Waals surface area (Å²) in [6.07, 6.45) is 1.37. The Morgan fingerprint density at radius 1 is 1.29 bits per heavy atom. The molecule has 0 aromatic heterocycles. The zero-order valence-corrected chi connectivity index (χ0v) is 12.8. The molecule has 1 aromatic carbocycles. The number of likely N-dealkylation sites (N-methyl/N-ethyl adjacent to an activating group) is 1. The van der Waals surface area contributed by atoms with Gasteiger partial charge >= 0.3 is 5.97 Å². The lowest BCUT2D eigenvalue weighted by Crippen LogP contribution is -2.36. The second-order valence-electron chi connectivity index (χ2n) is 5.12. The number of para-hydroxylation sites is 1. The van der Waals surface area contributed by atoms with Crippen LogP contribution in [0.3, 0.4) is 0 Å². The smallest absolute Gasteiger partial charge is 0.303 e. The standard InChI is InChI=1S/C16H23NO4/c1-12(11-13-7-4-5-8-14(13)21-3)17(2)15(18)9-6-10-16(19)20/h4-5,7-8,12H,6,9-11H2,1-3H3,(H,19,20). The minimum Gasteiger partial charge on any atom is -0.496 e. The summed E-state index contributed by atoms with van der Waals surface area (Å²) in [4.78, 5) is 24.1. The third kappa shape index (κ3) is 5.45. The Bertz CT molecular complexity index is 487. The number of hydrogen-bond donors (Lipinski definition) is 1. The number of benzene rings is 1. The minimum atomic E-state index is -0.868. The van der Waals surface area contributed by atoms with E-state index in [1.54, 1.807) is 19.1 Å². The normalized spacial score (nSPS) is 11.8. The van der Waals surface area contributed by atoms with Gasteiger partial charge in [0.2, 0.25) is 5.91 Å². The topological polar surface area (TPSA) is 66.8 Å². The van der Waals surface area contributed by atoms with E-state index in [0.717, 1.165) is 11.3 Å². The molecule has 0 saturated heterocycles. The van der Waals surface area contributed by atoms with Crippen molar-refractivity contribution in [3.05, 3.63) is 29.8 Å². The lowest BCUT2D eigenvalue weighted by molar-refractivity contribution is -0.137. The maximum atomic E-state index is 12.0. The number of nitrogens with zero attached hydrogens (tertiary/aromatic N) is 1. The van der Waals surface area contributed by atoms with Crippen molar-refractivity contribution >= 4 is 11.9 Å². The average molecular weight is 293 g/mol. The van der Waals surface area contributed by atoms with Gasteiger partial charge in [0.25, 0.3) is 0 Å². The highest BCUT2D eigenvalue weighted by Gasteiger charge is 2.17. The van der Waals surface area contributed by atoms with Crippen LogP contribution in [-0.4, -0.2) is 42.1 Å². The molecule has 1 N–H and O–H groups in total. The van der Waals surface area contributed by atoms with E-state index < -0.39 is 5.97 Å². The number of carbonyl (C=O) groups is 2. The summed E-state index contributed by atoms with van der Waals surface area (Å²) >= 11 is 0. The molecule has 5 nitrogen and oxygen atoms in total. The van der Waals surface area contributed by atoms with E-state index in [1.807, 2.05) is 31.2 Å². The molecule has 1 unspecified atom stereocenters. The summed E-state index contributed by atoms with van der Waals surface area (Å²) in [5.74, 6) is -0.0813. The van der Waals surface area contributed by atoms with Crippen LogP contribution in [0.25, 0.3) is 0 Å². The van der Waals surface area contributed by atoms with E-state index >= 15 is 0 Å². The van der Waals surface area contributed by atoms with Crippen molar-refractivity contribution in [2.75, 3.05) is 14.2 Å². The fourth-order valence-electron chi connectivity index (χ4n) is 2.14. The van der Waals surface area contributed by atoms with Crippen LogP contribution >= 0.6 is 0 Å². The molecule has 0 bridgehead atoms. The van der Waals surface area contributed by atoms with Crippen LogP contribution in [0.5, 0.6) is 5.75 Å². The molecule has 0 radical (unpaired) electrons. The molecular weight excluding hydrogens is 270 g/mol. The van der Waals surface area contributed by atoms with Crippen molar-refractivity contribution in [3.8, 4) is 5.75 Å². The van der Waals surface area contributed by atoms with Gasteiger partial charge in [-0.2, -0.15) is 0 Å². The van der Waals surface area contributed by atoms with Gasteiger partial charge in [0.15, 0.2) is 0 Å². The molecule has 116 valence electrons. The van der Waals surface area contributed by atoms with E-state index in [-0.39, 0.29) is 24.8 Å². The molecule has 0 aliphatic rings. The van der Waals surface area contributed by atoms with Crippen LogP contribution < -0.4 is 4.74 Å². The summed E-state index contributed by atoms with van der Waals surface area (Å²) in [5, 5.41) is 8.59. The van der Waals surface area contributed by atoms with E-state index in [0.29, 0.717) is 12.8 Å². The van der Waals surface area contributed by atoms with Crippen LogP contribution in [0, 0.1) is 0 Å². The number of carbonyl (C=O) groups excluding carboxylic acids is 1. The van der Waals surface area contributed by atoms with Gasteiger partial charge in [-0.3, -0.25) is 9.59 Å². The molecule has 5 heteroatoms. The average Bonchev–Trinajstić information content (AvgIpc) is 2.46. The lowest BCUT2D eigenvalue weighted by atomic mass is 10.0. The summed E-state index contributed by atoms with van der Waals surface area (Å²) in [7, 11) is 3.38. The molecule has 1 atom stereocenters. The first-order valence-corrected chi connectivity index (χ1v) is 7.05. The van der Waals surface area contributed by atoms with Crippen molar-refractivity contribution in [1.82, 2.24) is 4.90 Å². The molecule has 0 aliphatic carbocycles. The highest BCUT2D eigenvalue weighted by Crippen LogP contribution is 2.20. The van der Waals surface area contributed by atoms with Gasteiger partial charge in [0.1, 0.15) is 5.75 Å². The predicted molar refractivity (Wildman–Crippen MR) is 80.4 cm³/mol. The molecule has 1 amide bonds.